The number of benzene rings is 2. The van der Waals surface area contributed by atoms with Crippen molar-refractivity contribution >= 4 is 12.0 Å². The van der Waals surface area contributed by atoms with Crippen LogP contribution in [0.25, 0.3) is 0 Å². The average Bonchev–Trinajstić information content (AvgIpc) is 3.31. The zero-order valence-corrected chi connectivity index (χ0v) is 16.6. The van der Waals surface area contributed by atoms with E-state index in [1.807, 2.05) is 61.5 Å². The van der Waals surface area contributed by atoms with Crippen LogP contribution in [0, 0.1) is 11.8 Å². The molecule has 2 saturated heterocycles. The standard InChI is InChI=1S/C23H25NO5/c1-15-13-28-21(17-8-10-19(27-2)11-9-17)20(15)22(25)24-18(14-29-23(24)26)12-16-6-4-3-5-7-16/h3-11,15,18,20-21H,12-14H2,1-2H3/t15-,18-,20+,21-/m0/s1. The van der Waals surface area contributed by atoms with Crippen LogP contribution in [0.3, 0.4) is 0 Å². The van der Waals surface area contributed by atoms with E-state index in [0.717, 1.165) is 16.9 Å². The predicted molar refractivity (Wildman–Crippen MR) is 106 cm³/mol. The summed E-state index contributed by atoms with van der Waals surface area (Å²) in [5.74, 6) is 0.0839. The SMILES string of the molecule is COc1ccc([C@@H]2OC[C@H](C)[C@H]2C(=O)N2C(=O)OC[C@@H]2Cc2ccccc2)cc1. The third-order valence-corrected chi connectivity index (χ3v) is 5.72. The maximum Gasteiger partial charge on any atom is 0.416 e. The summed E-state index contributed by atoms with van der Waals surface area (Å²) in [6.07, 6.45) is -0.384. The van der Waals surface area contributed by atoms with Gasteiger partial charge >= 0.3 is 6.09 Å². The molecule has 2 aliphatic heterocycles. The van der Waals surface area contributed by atoms with Gasteiger partial charge in [-0.25, -0.2) is 9.69 Å². The van der Waals surface area contributed by atoms with Crippen molar-refractivity contribution in [2.45, 2.75) is 25.5 Å². The molecule has 4 atom stereocenters. The van der Waals surface area contributed by atoms with Crippen LogP contribution in [0.1, 0.15) is 24.2 Å². The predicted octanol–water partition coefficient (Wildman–Crippen LogP) is 3.61. The Balaban J connectivity index is 1.57. The maximum atomic E-state index is 13.5. The van der Waals surface area contributed by atoms with Gasteiger partial charge in [-0.2, -0.15) is 0 Å². The number of imide groups is 1. The van der Waals surface area contributed by atoms with Gasteiger partial charge in [-0.3, -0.25) is 4.79 Å². The van der Waals surface area contributed by atoms with Crippen LogP contribution < -0.4 is 4.74 Å². The summed E-state index contributed by atoms with van der Waals surface area (Å²) in [6.45, 7) is 2.67. The Morgan fingerprint density at radius 2 is 1.83 bits per heavy atom. The summed E-state index contributed by atoms with van der Waals surface area (Å²) < 4.78 is 16.4. The molecule has 2 aliphatic rings. The Morgan fingerprint density at radius 1 is 1.10 bits per heavy atom. The number of rotatable bonds is 5. The van der Waals surface area contributed by atoms with Crippen molar-refractivity contribution in [3.05, 3.63) is 65.7 Å². The first-order valence-corrected chi connectivity index (χ1v) is 9.87. The number of hydrogen-bond acceptors (Lipinski definition) is 5. The molecule has 0 N–H and O–H groups in total. The molecule has 2 heterocycles. The van der Waals surface area contributed by atoms with Gasteiger partial charge in [0.2, 0.25) is 5.91 Å². The van der Waals surface area contributed by atoms with E-state index in [0.29, 0.717) is 13.0 Å². The summed E-state index contributed by atoms with van der Waals surface area (Å²) in [5.41, 5.74) is 1.97. The van der Waals surface area contributed by atoms with E-state index in [-0.39, 0.29) is 24.5 Å². The number of hydrogen-bond donors (Lipinski definition) is 0. The number of ether oxygens (including phenoxy) is 3. The highest BCUT2D eigenvalue weighted by Crippen LogP contribution is 2.40. The fraction of sp³-hybridized carbons (Fsp3) is 0.391. The van der Waals surface area contributed by atoms with Crippen LogP contribution in [0.5, 0.6) is 5.75 Å². The van der Waals surface area contributed by atoms with Crippen molar-refractivity contribution in [3.8, 4) is 5.75 Å². The van der Waals surface area contributed by atoms with Crippen molar-refractivity contribution in [1.29, 1.82) is 0 Å². The molecular weight excluding hydrogens is 370 g/mol. The molecule has 152 valence electrons. The van der Waals surface area contributed by atoms with Crippen molar-refractivity contribution in [2.24, 2.45) is 11.8 Å². The molecule has 0 aliphatic carbocycles. The zero-order valence-electron chi connectivity index (χ0n) is 16.6. The lowest BCUT2D eigenvalue weighted by Crippen LogP contribution is -2.45. The monoisotopic (exact) mass is 395 g/mol. The van der Waals surface area contributed by atoms with E-state index in [2.05, 4.69) is 0 Å². The molecule has 0 aromatic heterocycles. The Bertz CT molecular complexity index is 867. The Morgan fingerprint density at radius 3 is 2.52 bits per heavy atom. The lowest BCUT2D eigenvalue weighted by molar-refractivity contribution is -0.136. The second-order valence-corrected chi connectivity index (χ2v) is 7.66. The minimum Gasteiger partial charge on any atom is -0.497 e. The number of carbonyl (C=O) groups excluding carboxylic acids is 2. The summed E-state index contributed by atoms with van der Waals surface area (Å²) >= 11 is 0. The fourth-order valence-electron chi connectivity index (χ4n) is 4.16. The van der Waals surface area contributed by atoms with Crippen molar-refractivity contribution < 1.29 is 23.8 Å². The van der Waals surface area contributed by atoms with E-state index in [9.17, 15) is 9.59 Å². The van der Waals surface area contributed by atoms with Crippen LogP contribution >= 0.6 is 0 Å². The van der Waals surface area contributed by atoms with Crippen LogP contribution in [0.2, 0.25) is 0 Å². The highest BCUT2D eigenvalue weighted by Gasteiger charge is 2.48. The van der Waals surface area contributed by atoms with Gasteiger partial charge in [0.1, 0.15) is 12.4 Å². The second kappa shape index (κ2) is 8.25. The number of carbonyl (C=O) groups is 2. The number of cyclic esters (lactones) is 1. The smallest absolute Gasteiger partial charge is 0.416 e. The summed E-state index contributed by atoms with van der Waals surface area (Å²) in [6, 6.07) is 17.0. The van der Waals surface area contributed by atoms with Gasteiger partial charge in [-0.05, 0) is 35.6 Å². The second-order valence-electron chi connectivity index (χ2n) is 7.66. The first kappa shape index (κ1) is 19.5. The lowest BCUT2D eigenvalue weighted by Gasteiger charge is -2.27. The van der Waals surface area contributed by atoms with E-state index >= 15 is 0 Å². The number of methoxy groups -OCH3 is 1. The van der Waals surface area contributed by atoms with Gasteiger partial charge in [-0.15, -0.1) is 0 Å². The van der Waals surface area contributed by atoms with Gasteiger partial charge in [0, 0.05) is 0 Å². The fourth-order valence-corrected chi connectivity index (χ4v) is 4.16. The maximum absolute atomic E-state index is 13.5. The topological polar surface area (TPSA) is 65.1 Å². The molecular formula is C23H25NO5. The minimum absolute atomic E-state index is 0.000349. The van der Waals surface area contributed by atoms with E-state index < -0.39 is 18.1 Å². The van der Waals surface area contributed by atoms with Crippen molar-refractivity contribution in [2.75, 3.05) is 20.3 Å². The summed E-state index contributed by atoms with van der Waals surface area (Å²) in [7, 11) is 1.61. The van der Waals surface area contributed by atoms with Gasteiger partial charge in [0.05, 0.1) is 31.8 Å². The number of nitrogens with zero attached hydrogens (tertiary/aromatic N) is 1. The molecule has 4 rings (SSSR count). The van der Waals surface area contributed by atoms with Crippen LogP contribution in [0.15, 0.2) is 54.6 Å². The summed E-state index contributed by atoms with van der Waals surface area (Å²) in [4.78, 5) is 27.2. The van der Waals surface area contributed by atoms with E-state index in [4.69, 9.17) is 14.2 Å². The third kappa shape index (κ3) is 3.85. The quantitative estimate of drug-likeness (QED) is 0.774. The highest BCUT2D eigenvalue weighted by atomic mass is 16.6. The number of amides is 2. The molecule has 0 unspecified atom stereocenters. The van der Waals surface area contributed by atoms with E-state index in [1.165, 1.54) is 4.90 Å². The van der Waals surface area contributed by atoms with Gasteiger partial charge in [0.15, 0.2) is 0 Å². The van der Waals surface area contributed by atoms with Crippen molar-refractivity contribution in [1.82, 2.24) is 4.90 Å². The average molecular weight is 395 g/mol. The Labute approximate surface area is 170 Å². The van der Waals surface area contributed by atoms with Crippen LogP contribution in [0.4, 0.5) is 4.79 Å². The summed E-state index contributed by atoms with van der Waals surface area (Å²) in [5, 5.41) is 0. The third-order valence-electron chi connectivity index (χ3n) is 5.72. The molecule has 2 aromatic rings. The molecule has 6 heteroatoms. The molecule has 0 radical (unpaired) electrons. The Kier molecular flexibility index (Phi) is 5.53. The largest absolute Gasteiger partial charge is 0.497 e. The molecule has 0 saturated carbocycles. The minimum atomic E-state index is -0.566. The van der Waals surface area contributed by atoms with Crippen LogP contribution in [-0.2, 0) is 20.7 Å². The molecule has 2 amide bonds. The first-order valence-electron chi connectivity index (χ1n) is 9.87. The highest BCUT2D eigenvalue weighted by molar-refractivity contribution is 5.95. The molecule has 0 bridgehead atoms. The Hall–Kier alpha value is -2.86. The normalized spacial score (nSPS) is 26.4. The van der Waals surface area contributed by atoms with Gasteiger partial charge in [-0.1, -0.05) is 49.4 Å². The molecule has 2 fully saturated rings. The van der Waals surface area contributed by atoms with Crippen molar-refractivity contribution in [3.63, 3.8) is 0 Å². The lowest BCUT2D eigenvalue weighted by atomic mass is 9.87. The molecule has 6 nitrogen and oxygen atoms in total. The molecule has 29 heavy (non-hydrogen) atoms. The van der Waals surface area contributed by atoms with Gasteiger partial charge < -0.3 is 14.2 Å². The zero-order chi connectivity index (χ0) is 20.4. The molecule has 2 aromatic carbocycles. The first-order chi connectivity index (χ1) is 14.1. The van der Waals surface area contributed by atoms with E-state index in [1.54, 1.807) is 7.11 Å². The molecule has 0 spiro atoms. The van der Waals surface area contributed by atoms with Crippen LogP contribution in [-0.4, -0.2) is 43.3 Å². The van der Waals surface area contributed by atoms with Gasteiger partial charge in [0.25, 0.3) is 0 Å².